The third-order valence-electron chi connectivity index (χ3n) is 3.19. The van der Waals surface area contributed by atoms with Crippen molar-refractivity contribution in [2.75, 3.05) is 13.7 Å². The summed E-state index contributed by atoms with van der Waals surface area (Å²) < 4.78 is 9.89. The molecule has 1 aromatic rings. The molecule has 0 amide bonds. The molecule has 1 aromatic carbocycles. The summed E-state index contributed by atoms with van der Waals surface area (Å²) in [5.41, 5.74) is 0.0811. The molecule has 0 radical (unpaired) electrons. The predicted molar refractivity (Wildman–Crippen MR) is 70.7 cm³/mol. The van der Waals surface area contributed by atoms with Crippen molar-refractivity contribution in [1.82, 2.24) is 5.32 Å². The van der Waals surface area contributed by atoms with E-state index in [0.29, 0.717) is 13.0 Å². The van der Waals surface area contributed by atoms with E-state index in [1.165, 1.54) is 31.4 Å². The zero-order valence-corrected chi connectivity index (χ0v) is 11.3. The van der Waals surface area contributed by atoms with Gasteiger partial charge in [-0.15, -0.1) is 0 Å². The van der Waals surface area contributed by atoms with Gasteiger partial charge in [0.1, 0.15) is 12.1 Å². The zero-order valence-electron chi connectivity index (χ0n) is 11.3. The van der Waals surface area contributed by atoms with Gasteiger partial charge in [-0.3, -0.25) is 14.9 Å². The summed E-state index contributed by atoms with van der Waals surface area (Å²) >= 11 is 0. The average Bonchev–Trinajstić information content (AvgIpc) is 2.94. The number of carbonyl (C=O) groups is 2. The van der Waals surface area contributed by atoms with Gasteiger partial charge in [0.25, 0.3) is 5.69 Å². The molecule has 2 rings (SSSR count). The van der Waals surface area contributed by atoms with Gasteiger partial charge in [0, 0.05) is 12.1 Å². The molecule has 0 aromatic heterocycles. The second-order valence-corrected chi connectivity index (χ2v) is 4.49. The van der Waals surface area contributed by atoms with Crippen LogP contribution in [0.1, 0.15) is 16.8 Å². The molecule has 1 heterocycles. The number of nitrogens with one attached hydrogen (secondary N) is 1. The third kappa shape index (κ3) is 3.34. The number of non-ortho nitro benzene ring substituents is 1. The molecule has 21 heavy (non-hydrogen) atoms. The van der Waals surface area contributed by atoms with Crippen molar-refractivity contribution < 1.29 is 24.0 Å². The van der Waals surface area contributed by atoms with Gasteiger partial charge in [0.15, 0.2) is 0 Å². The molecule has 0 saturated carbocycles. The number of ether oxygens (including phenoxy) is 2. The van der Waals surface area contributed by atoms with Crippen LogP contribution in [-0.4, -0.2) is 42.7 Å². The molecule has 1 fully saturated rings. The first kappa shape index (κ1) is 14.9. The van der Waals surface area contributed by atoms with Gasteiger partial charge < -0.3 is 14.8 Å². The van der Waals surface area contributed by atoms with E-state index in [1.54, 1.807) is 0 Å². The summed E-state index contributed by atoms with van der Waals surface area (Å²) in [5.74, 6) is -1.12. The second kappa shape index (κ2) is 6.31. The Balaban J connectivity index is 2.03. The van der Waals surface area contributed by atoms with E-state index in [2.05, 4.69) is 10.1 Å². The number of nitrogens with zero attached hydrogens (tertiary/aromatic N) is 1. The highest BCUT2D eigenvalue weighted by Crippen LogP contribution is 2.17. The minimum absolute atomic E-state index is 0.110. The first-order valence-electron chi connectivity index (χ1n) is 6.29. The number of nitro groups is 1. The predicted octanol–water partition coefficient (Wildman–Crippen LogP) is 0.655. The van der Waals surface area contributed by atoms with E-state index < -0.39 is 29.0 Å². The Kier molecular flexibility index (Phi) is 4.49. The van der Waals surface area contributed by atoms with Crippen LogP contribution >= 0.6 is 0 Å². The molecule has 0 bridgehead atoms. The molecule has 0 aliphatic carbocycles. The fourth-order valence-corrected chi connectivity index (χ4v) is 2.09. The molecule has 2 atom stereocenters. The number of esters is 2. The largest absolute Gasteiger partial charge is 0.468 e. The summed E-state index contributed by atoms with van der Waals surface area (Å²) in [6.45, 7) is 0.540. The summed E-state index contributed by atoms with van der Waals surface area (Å²) in [7, 11) is 1.26. The lowest BCUT2D eigenvalue weighted by atomic mass is 10.1. The zero-order chi connectivity index (χ0) is 15.4. The Bertz CT molecular complexity index is 556. The van der Waals surface area contributed by atoms with E-state index in [0.717, 1.165) is 0 Å². The van der Waals surface area contributed by atoms with E-state index in [1.807, 2.05) is 0 Å². The lowest BCUT2D eigenvalue weighted by Gasteiger charge is -2.17. The van der Waals surface area contributed by atoms with Crippen LogP contribution in [0.15, 0.2) is 24.3 Å². The van der Waals surface area contributed by atoms with Gasteiger partial charge >= 0.3 is 11.9 Å². The van der Waals surface area contributed by atoms with Gasteiger partial charge in [-0.1, -0.05) is 0 Å². The molecule has 0 spiro atoms. The fraction of sp³-hybridized carbons (Fsp3) is 0.385. The summed E-state index contributed by atoms with van der Waals surface area (Å²) in [4.78, 5) is 33.5. The van der Waals surface area contributed by atoms with Crippen molar-refractivity contribution >= 4 is 17.6 Å². The molecule has 1 N–H and O–H groups in total. The highest BCUT2D eigenvalue weighted by atomic mass is 16.6. The molecule has 1 aliphatic heterocycles. The van der Waals surface area contributed by atoms with Gasteiger partial charge in [-0.25, -0.2) is 4.79 Å². The van der Waals surface area contributed by atoms with E-state index >= 15 is 0 Å². The fourth-order valence-electron chi connectivity index (χ4n) is 2.09. The maximum atomic E-state index is 12.0. The molecule has 0 unspecified atom stereocenters. The lowest BCUT2D eigenvalue weighted by molar-refractivity contribution is -0.384. The molecular weight excluding hydrogens is 280 g/mol. The minimum atomic E-state index is -0.683. The van der Waals surface area contributed by atoms with Gasteiger partial charge in [0.05, 0.1) is 17.6 Å². The number of rotatable bonds is 4. The van der Waals surface area contributed by atoms with Crippen molar-refractivity contribution in [3.63, 3.8) is 0 Å². The Morgan fingerprint density at radius 3 is 2.57 bits per heavy atom. The SMILES string of the molecule is COC(=O)[C@@H]1NCC[C@H]1OC(=O)c1ccc([N+](=O)[O-])cc1. The maximum absolute atomic E-state index is 12.0. The molecular formula is C13H14N2O6. The standard InChI is InChI=1S/C13H14N2O6/c1-20-13(17)11-10(6-7-14-11)21-12(16)8-2-4-9(5-3-8)15(18)19/h2-5,10-11,14H,6-7H2,1H3/t10-,11-/m1/s1. The van der Waals surface area contributed by atoms with Gasteiger partial charge in [-0.05, 0) is 25.1 Å². The monoisotopic (exact) mass is 294 g/mol. The second-order valence-electron chi connectivity index (χ2n) is 4.49. The van der Waals surface area contributed by atoms with Crippen molar-refractivity contribution in [3.8, 4) is 0 Å². The molecule has 8 nitrogen and oxygen atoms in total. The van der Waals surface area contributed by atoms with Crippen LogP contribution < -0.4 is 5.32 Å². The Hall–Kier alpha value is -2.48. The van der Waals surface area contributed by atoms with Gasteiger partial charge in [-0.2, -0.15) is 0 Å². The van der Waals surface area contributed by atoms with Crippen LogP contribution in [0.3, 0.4) is 0 Å². The van der Waals surface area contributed by atoms with E-state index in [4.69, 9.17) is 4.74 Å². The molecule has 1 aliphatic rings. The normalized spacial score (nSPS) is 20.8. The van der Waals surface area contributed by atoms with Crippen LogP contribution in [-0.2, 0) is 14.3 Å². The number of benzene rings is 1. The molecule has 1 saturated heterocycles. The van der Waals surface area contributed by atoms with Crippen LogP contribution in [0, 0.1) is 10.1 Å². The number of carbonyl (C=O) groups excluding carboxylic acids is 2. The van der Waals surface area contributed by atoms with Gasteiger partial charge in [0.2, 0.25) is 0 Å². The van der Waals surface area contributed by atoms with Crippen LogP contribution in [0.4, 0.5) is 5.69 Å². The van der Waals surface area contributed by atoms with Crippen molar-refractivity contribution in [2.45, 2.75) is 18.6 Å². The summed E-state index contributed by atoms with van der Waals surface area (Å²) in [6.07, 6.45) is -0.112. The quantitative estimate of drug-likeness (QED) is 0.493. The summed E-state index contributed by atoms with van der Waals surface area (Å²) in [5, 5.41) is 13.4. The van der Waals surface area contributed by atoms with Crippen LogP contribution in [0.2, 0.25) is 0 Å². The highest BCUT2D eigenvalue weighted by molar-refractivity contribution is 5.90. The smallest absolute Gasteiger partial charge is 0.338 e. The summed E-state index contributed by atoms with van der Waals surface area (Å²) in [6, 6.07) is 4.39. The third-order valence-corrected chi connectivity index (χ3v) is 3.19. The van der Waals surface area contributed by atoms with Crippen molar-refractivity contribution in [1.29, 1.82) is 0 Å². The van der Waals surface area contributed by atoms with Crippen LogP contribution in [0.25, 0.3) is 0 Å². The van der Waals surface area contributed by atoms with Crippen molar-refractivity contribution in [3.05, 3.63) is 39.9 Å². The molecule has 112 valence electrons. The first-order chi connectivity index (χ1) is 10.0. The Labute approximate surface area is 120 Å². The highest BCUT2D eigenvalue weighted by Gasteiger charge is 2.36. The Morgan fingerprint density at radius 2 is 2.00 bits per heavy atom. The maximum Gasteiger partial charge on any atom is 0.338 e. The number of hydrogen-bond acceptors (Lipinski definition) is 7. The first-order valence-corrected chi connectivity index (χ1v) is 6.29. The van der Waals surface area contributed by atoms with Crippen LogP contribution in [0.5, 0.6) is 0 Å². The van der Waals surface area contributed by atoms with E-state index in [9.17, 15) is 19.7 Å². The topological polar surface area (TPSA) is 108 Å². The Morgan fingerprint density at radius 1 is 1.33 bits per heavy atom. The number of nitro benzene ring substituents is 1. The lowest BCUT2D eigenvalue weighted by Crippen LogP contribution is -2.41. The minimum Gasteiger partial charge on any atom is -0.468 e. The number of hydrogen-bond donors (Lipinski definition) is 1. The van der Waals surface area contributed by atoms with E-state index in [-0.39, 0.29) is 11.3 Å². The van der Waals surface area contributed by atoms with Crippen molar-refractivity contribution in [2.24, 2.45) is 0 Å². The number of methoxy groups -OCH3 is 1. The average molecular weight is 294 g/mol. The molecule has 8 heteroatoms.